The molecule has 0 aromatic carbocycles. The van der Waals surface area contributed by atoms with Gasteiger partial charge in [-0.05, 0) is 6.92 Å². The minimum atomic E-state index is 0.305. The number of nitrogen functional groups attached to an aromatic ring is 1. The lowest BCUT2D eigenvalue weighted by atomic mass is 10.2. The van der Waals surface area contributed by atoms with E-state index in [9.17, 15) is 0 Å². The second kappa shape index (κ2) is 5.34. The Morgan fingerprint density at radius 3 is 2.78 bits per heavy atom. The number of rotatable bonds is 2. The van der Waals surface area contributed by atoms with Crippen molar-refractivity contribution in [3.63, 3.8) is 0 Å². The molecule has 1 fully saturated rings. The second-order valence-corrected chi connectivity index (χ2v) is 6.66. The molecule has 0 bridgehead atoms. The van der Waals surface area contributed by atoms with E-state index in [0.29, 0.717) is 23.0 Å². The molecule has 2 rings (SSSR count). The average Bonchev–Trinajstić information content (AvgIpc) is 2.31. The molecule has 1 aliphatic heterocycles. The van der Waals surface area contributed by atoms with Gasteiger partial charge in [0, 0.05) is 35.6 Å². The molecule has 1 saturated heterocycles. The van der Waals surface area contributed by atoms with Crippen molar-refractivity contribution in [2.45, 2.75) is 44.9 Å². The molecular formula is C13H22N4S. The maximum absolute atomic E-state index is 5.90. The number of hydrogen-bond acceptors (Lipinski definition) is 5. The molecule has 0 amide bonds. The molecule has 2 atom stereocenters. The minimum Gasteiger partial charge on any atom is -0.384 e. The zero-order chi connectivity index (χ0) is 13.3. The first-order chi connectivity index (χ1) is 8.49. The van der Waals surface area contributed by atoms with Crippen molar-refractivity contribution >= 4 is 23.4 Å². The maximum Gasteiger partial charge on any atom is 0.135 e. The summed E-state index contributed by atoms with van der Waals surface area (Å²) >= 11 is 2.02. The number of thioether (sulfide) groups is 1. The molecule has 100 valence electrons. The van der Waals surface area contributed by atoms with E-state index < -0.39 is 0 Å². The first-order valence-corrected chi connectivity index (χ1v) is 7.56. The van der Waals surface area contributed by atoms with Crippen molar-refractivity contribution in [1.82, 2.24) is 9.97 Å². The van der Waals surface area contributed by atoms with Gasteiger partial charge >= 0.3 is 0 Å². The summed E-state index contributed by atoms with van der Waals surface area (Å²) in [6.45, 7) is 9.75. The van der Waals surface area contributed by atoms with Crippen LogP contribution in [0.4, 0.5) is 11.6 Å². The van der Waals surface area contributed by atoms with Gasteiger partial charge in [-0.3, -0.25) is 0 Å². The van der Waals surface area contributed by atoms with Gasteiger partial charge < -0.3 is 10.6 Å². The summed E-state index contributed by atoms with van der Waals surface area (Å²) in [5.41, 5.74) is 5.90. The number of hydrogen-bond donors (Lipinski definition) is 1. The number of anilines is 2. The first-order valence-electron chi connectivity index (χ1n) is 6.51. The van der Waals surface area contributed by atoms with Gasteiger partial charge in [0.25, 0.3) is 0 Å². The lowest BCUT2D eigenvalue weighted by Crippen LogP contribution is -2.45. The Hall–Kier alpha value is -0.970. The molecule has 1 aromatic heterocycles. The van der Waals surface area contributed by atoms with Crippen molar-refractivity contribution in [3.05, 3.63) is 11.9 Å². The second-order valence-electron chi connectivity index (χ2n) is 5.17. The predicted octanol–water partition coefficient (Wildman–Crippen LogP) is 2.51. The Morgan fingerprint density at radius 2 is 2.11 bits per heavy atom. The summed E-state index contributed by atoms with van der Waals surface area (Å²) in [4.78, 5) is 11.3. The third-order valence-corrected chi connectivity index (χ3v) is 4.78. The van der Waals surface area contributed by atoms with E-state index >= 15 is 0 Å². The highest BCUT2D eigenvalue weighted by atomic mass is 32.2. The van der Waals surface area contributed by atoms with Gasteiger partial charge in [0.15, 0.2) is 0 Å². The van der Waals surface area contributed by atoms with Gasteiger partial charge in [-0.2, -0.15) is 11.8 Å². The highest BCUT2D eigenvalue weighted by molar-refractivity contribution is 8.00. The van der Waals surface area contributed by atoms with E-state index in [2.05, 4.69) is 42.6 Å². The molecule has 18 heavy (non-hydrogen) atoms. The Bertz CT molecular complexity index is 421. The summed E-state index contributed by atoms with van der Waals surface area (Å²) in [7, 11) is 0. The van der Waals surface area contributed by atoms with Crippen LogP contribution in [0.3, 0.4) is 0 Å². The Morgan fingerprint density at radius 1 is 1.39 bits per heavy atom. The summed E-state index contributed by atoms with van der Waals surface area (Å²) in [6, 6.07) is 2.38. The summed E-state index contributed by atoms with van der Waals surface area (Å²) < 4.78 is 0. The molecule has 2 heterocycles. The van der Waals surface area contributed by atoms with Crippen LogP contribution in [0, 0.1) is 0 Å². The quantitative estimate of drug-likeness (QED) is 0.891. The molecule has 0 radical (unpaired) electrons. The van der Waals surface area contributed by atoms with Gasteiger partial charge in [-0.25, -0.2) is 9.97 Å². The number of nitrogens with two attached hydrogens (primary N) is 1. The molecule has 1 aromatic rings. The van der Waals surface area contributed by atoms with E-state index in [-0.39, 0.29) is 0 Å². The summed E-state index contributed by atoms with van der Waals surface area (Å²) in [5, 5.41) is 0.623. The summed E-state index contributed by atoms with van der Waals surface area (Å²) in [6.07, 6.45) is 0. The minimum absolute atomic E-state index is 0.305. The fourth-order valence-corrected chi connectivity index (χ4v) is 3.23. The monoisotopic (exact) mass is 266 g/mol. The highest BCUT2D eigenvalue weighted by Crippen LogP contribution is 2.29. The zero-order valence-electron chi connectivity index (χ0n) is 11.6. The zero-order valence-corrected chi connectivity index (χ0v) is 12.4. The van der Waals surface area contributed by atoms with Crippen LogP contribution in [0.1, 0.15) is 39.4 Å². The summed E-state index contributed by atoms with van der Waals surface area (Å²) in [5.74, 6) is 3.83. The lowest BCUT2D eigenvalue weighted by Gasteiger charge is -2.38. The molecule has 0 aliphatic carbocycles. The van der Waals surface area contributed by atoms with Crippen LogP contribution in [-0.4, -0.2) is 33.6 Å². The molecule has 2 unspecified atom stereocenters. The first kappa shape index (κ1) is 13.5. The van der Waals surface area contributed by atoms with Crippen LogP contribution < -0.4 is 10.6 Å². The van der Waals surface area contributed by atoms with E-state index in [0.717, 1.165) is 23.9 Å². The maximum atomic E-state index is 5.90. The van der Waals surface area contributed by atoms with E-state index in [1.54, 1.807) is 0 Å². The third kappa shape index (κ3) is 2.71. The fourth-order valence-electron chi connectivity index (χ4n) is 2.13. The highest BCUT2D eigenvalue weighted by Gasteiger charge is 2.26. The molecule has 2 N–H and O–H groups in total. The van der Waals surface area contributed by atoms with Gasteiger partial charge in [-0.15, -0.1) is 0 Å². The van der Waals surface area contributed by atoms with Gasteiger partial charge in [0.1, 0.15) is 17.5 Å². The van der Waals surface area contributed by atoms with Crippen molar-refractivity contribution in [2.75, 3.05) is 22.9 Å². The molecule has 1 aliphatic rings. The molecule has 4 nitrogen and oxygen atoms in total. The number of aromatic nitrogens is 2. The number of nitrogens with zero attached hydrogens (tertiary/aromatic N) is 3. The topological polar surface area (TPSA) is 55.0 Å². The van der Waals surface area contributed by atoms with Crippen molar-refractivity contribution in [3.8, 4) is 0 Å². The Balaban J connectivity index is 2.32. The third-order valence-electron chi connectivity index (χ3n) is 3.44. The smallest absolute Gasteiger partial charge is 0.135 e. The normalized spacial score (nSPS) is 24.6. The van der Waals surface area contributed by atoms with Crippen LogP contribution in [0.5, 0.6) is 0 Å². The van der Waals surface area contributed by atoms with Crippen molar-refractivity contribution < 1.29 is 0 Å². The lowest BCUT2D eigenvalue weighted by molar-refractivity contribution is 0.615. The van der Waals surface area contributed by atoms with Crippen molar-refractivity contribution in [1.29, 1.82) is 0 Å². The SMILES string of the molecule is CC(C)c1nc(N)cc(N2CCSC(C)C2C)n1. The van der Waals surface area contributed by atoms with E-state index in [1.807, 2.05) is 17.8 Å². The van der Waals surface area contributed by atoms with Crippen LogP contribution in [0.2, 0.25) is 0 Å². The van der Waals surface area contributed by atoms with Crippen molar-refractivity contribution in [2.24, 2.45) is 0 Å². The Labute approximate surface area is 113 Å². The molecule has 0 spiro atoms. The van der Waals surface area contributed by atoms with E-state index in [1.165, 1.54) is 0 Å². The van der Waals surface area contributed by atoms with Crippen LogP contribution in [0.25, 0.3) is 0 Å². The van der Waals surface area contributed by atoms with Gasteiger partial charge in [0.05, 0.1) is 0 Å². The largest absolute Gasteiger partial charge is 0.384 e. The standard InChI is InChI=1S/C13H22N4S/c1-8(2)13-15-11(14)7-12(16-13)17-5-6-18-10(4)9(17)3/h7-10H,5-6H2,1-4H3,(H2,14,15,16). The average molecular weight is 266 g/mol. The fraction of sp³-hybridized carbons (Fsp3) is 0.692. The van der Waals surface area contributed by atoms with Gasteiger partial charge in [0.2, 0.25) is 0 Å². The van der Waals surface area contributed by atoms with Crippen LogP contribution in [-0.2, 0) is 0 Å². The molecule has 0 saturated carbocycles. The van der Waals surface area contributed by atoms with Gasteiger partial charge in [-0.1, -0.05) is 20.8 Å². The predicted molar refractivity (Wildman–Crippen MR) is 79.3 cm³/mol. The van der Waals surface area contributed by atoms with Crippen LogP contribution >= 0.6 is 11.8 Å². The Kier molecular flexibility index (Phi) is 4.00. The van der Waals surface area contributed by atoms with Crippen LogP contribution in [0.15, 0.2) is 6.07 Å². The van der Waals surface area contributed by atoms with E-state index in [4.69, 9.17) is 5.73 Å². The molecule has 5 heteroatoms. The molecular weight excluding hydrogens is 244 g/mol.